The molecule has 0 aromatic carbocycles. The van der Waals surface area contributed by atoms with Gasteiger partial charge in [0, 0.05) is 7.05 Å². The maximum Gasteiger partial charge on any atom is 0.159 e. The van der Waals surface area contributed by atoms with Gasteiger partial charge in [-0.1, -0.05) is 5.10 Å². The standard InChI is InChI=1S/C7H16N4S/c1-6(9-7(12)8-2)10-11(3,4)5/h1-5H3,(H-,8,9,10,12). The summed E-state index contributed by atoms with van der Waals surface area (Å²) in [5, 5.41) is 7.64. The third kappa shape index (κ3) is 6.06. The third-order valence-electron chi connectivity index (χ3n) is 0.941. The van der Waals surface area contributed by atoms with E-state index in [9.17, 15) is 0 Å². The van der Waals surface area contributed by atoms with Crippen LogP contribution in [0.4, 0.5) is 0 Å². The molecule has 0 saturated heterocycles. The molecule has 0 spiro atoms. The molecular weight excluding hydrogens is 172 g/mol. The van der Waals surface area contributed by atoms with Gasteiger partial charge in [0.2, 0.25) is 0 Å². The van der Waals surface area contributed by atoms with Crippen LogP contribution in [-0.4, -0.2) is 43.8 Å². The molecule has 5 heteroatoms. The molecule has 70 valence electrons. The van der Waals surface area contributed by atoms with E-state index in [0.29, 0.717) is 9.76 Å². The van der Waals surface area contributed by atoms with Crippen molar-refractivity contribution in [2.24, 2.45) is 10.1 Å². The average Bonchev–Trinajstić information content (AvgIpc) is 1.82. The Kier molecular flexibility index (Phi) is 4.12. The molecule has 0 aromatic heterocycles. The smallest absolute Gasteiger partial charge is 0.159 e. The zero-order valence-corrected chi connectivity index (χ0v) is 9.07. The van der Waals surface area contributed by atoms with Crippen LogP contribution in [0.1, 0.15) is 6.92 Å². The van der Waals surface area contributed by atoms with Crippen LogP contribution in [-0.2, 0) is 12.6 Å². The van der Waals surface area contributed by atoms with E-state index < -0.39 is 0 Å². The zero-order valence-electron chi connectivity index (χ0n) is 8.25. The fraction of sp³-hybridized carbons (Fsp3) is 0.714. The van der Waals surface area contributed by atoms with Crippen LogP contribution < -0.4 is 5.32 Å². The van der Waals surface area contributed by atoms with Crippen LogP contribution in [0, 0.1) is 0 Å². The van der Waals surface area contributed by atoms with Gasteiger partial charge in [-0.2, -0.15) is 0 Å². The first-order valence-corrected chi connectivity index (χ1v) is 4.05. The first-order chi connectivity index (χ1) is 5.35. The highest BCUT2D eigenvalue weighted by atomic mass is 32.1. The number of nitrogens with one attached hydrogen (secondary N) is 1. The van der Waals surface area contributed by atoms with Crippen LogP contribution in [0.2, 0.25) is 0 Å². The normalized spacial score (nSPS) is 14.8. The molecule has 0 amide bonds. The lowest BCUT2D eigenvalue weighted by atomic mass is 10.7. The molecule has 0 radical (unpaired) electrons. The van der Waals surface area contributed by atoms with Crippen molar-refractivity contribution in [3.05, 3.63) is 0 Å². The maximum absolute atomic E-state index is 4.86. The van der Waals surface area contributed by atoms with E-state index in [4.69, 9.17) is 12.6 Å². The average molecular weight is 188 g/mol. The summed E-state index contributed by atoms with van der Waals surface area (Å²) in [5.74, 6) is 0.776. The molecule has 4 nitrogen and oxygen atoms in total. The predicted molar refractivity (Wildman–Crippen MR) is 55.0 cm³/mol. The zero-order chi connectivity index (χ0) is 9.78. The Hall–Kier alpha value is -0.680. The van der Waals surface area contributed by atoms with E-state index in [0.717, 1.165) is 5.84 Å². The van der Waals surface area contributed by atoms with Crippen molar-refractivity contribution in [2.75, 3.05) is 28.2 Å². The Morgan fingerprint density at radius 3 is 2.17 bits per heavy atom. The minimum absolute atomic E-state index is 0.463. The number of rotatable bonds is 1. The first kappa shape index (κ1) is 11.3. The Morgan fingerprint density at radius 2 is 1.83 bits per heavy atom. The van der Waals surface area contributed by atoms with Crippen molar-refractivity contribution >= 4 is 23.6 Å². The maximum atomic E-state index is 4.86. The molecule has 0 saturated carbocycles. The van der Waals surface area contributed by atoms with Gasteiger partial charge >= 0.3 is 0 Å². The number of hydrogen-bond acceptors (Lipinski definition) is 3. The van der Waals surface area contributed by atoms with Gasteiger partial charge in [-0.15, -0.1) is 0 Å². The highest BCUT2D eigenvalue weighted by Gasteiger charge is 2.04. The summed E-state index contributed by atoms with van der Waals surface area (Å²) >= 11 is 4.86. The van der Waals surface area contributed by atoms with E-state index in [2.05, 4.69) is 15.4 Å². The van der Waals surface area contributed by atoms with E-state index >= 15 is 0 Å². The molecule has 0 fully saturated rings. The number of hydrogen-bond donors (Lipinski definition) is 1. The van der Waals surface area contributed by atoms with Crippen LogP contribution in [0.5, 0.6) is 0 Å². The van der Waals surface area contributed by atoms with Gasteiger partial charge in [0.1, 0.15) is 0 Å². The molecule has 12 heavy (non-hydrogen) atoms. The quantitative estimate of drug-likeness (QED) is 0.209. The van der Waals surface area contributed by atoms with Gasteiger partial charge in [-0.05, 0) is 12.1 Å². The first-order valence-electron chi connectivity index (χ1n) is 3.64. The fourth-order valence-electron chi connectivity index (χ4n) is 0.686. The van der Waals surface area contributed by atoms with Gasteiger partial charge in [0.15, 0.2) is 5.84 Å². The Bertz CT molecular complexity index is 202. The summed E-state index contributed by atoms with van der Waals surface area (Å²) in [4.78, 5) is 3.79. The highest BCUT2D eigenvalue weighted by Crippen LogP contribution is 1.90. The van der Waals surface area contributed by atoms with Gasteiger partial charge in [0.25, 0.3) is 0 Å². The van der Waals surface area contributed by atoms with Crippen LogP contribution in [0.25, 0.3) is 0 Å². The van der Waals surface area contributed by atoms with Crippen LogP contribution in [0.15, 0.2) is 10.1 Å². The summed E-state index contributed by atoms with van der Waals surface area (Å²) in [6.07, 6.45) is 0. The summed E-state index contributed by atoms with van der Waals surface area (Å²) in [6, 6.07) is 0. The molecule has 0 unspecified atom stereocenters. The van der Waals surface area contributed by atoms with Crippen molar-refractivity contribution < 1.29 is 4.59 Å². The number of quaternary nitrogens is 1. The van der Waals surface area contributed by atoms with Gasteiger partial charge in [-0.3, -0.25) is 4.99 Å². The monoisotopic (exact) mass is 188 g/mol. The largest absolute Gasteiger partial charge is 0.743 e. The lowest BCUT2D eigenvalue weighted by Crippen LogP contribution is -2.34. The van der Waals surface area contributed by atoms with Crippen molar-refractivity contribution in [3.63, 3.8) is 0 Å². The predicted octanol–water partition coefficient (Wildman–Crippen LogP) is 0.148. The summed E-state index contributed by atoms with van der Waals surface area (Å²) in [7, 11) is 7.56. The molecule has 0 atom stereocenters. The Morgan fingerprint density at radius 1 is 1.33 bits per heavy atom. The summed E-state index contributed by atoms with van der Waals surface area (Å²) in [5.41, 5.74) is 0. The van der Waals surface area contributed by atoms with Crippen molar-refractivity contribution in [2.45, 2.75) is 6.92 Å². The summed E-state index contributed by atoms with van der Waals surface area (Å²) < 4.78 is 0.519. The molecule has 0 aliphatic rings. The minimum Gasteiger partial charge on any atom is -0.743 e. The van der Waals surface area contributed by atoms with E-state index in [-0.39, 0.29) is 0 Å². The molecule has 0 bridgehead atoms. The summed E-state index contributed by atoms with van der Waals surface area (Å²) in [6.45, 7) is 1.86. The molecule has 0 rings (SSSR count). The second-order valence-corrected chi connectivity index (χ2v) is 3.67. The van der Waals surface area contributed by atoms with Gasteiger partial charge in [-0.25, -0.2) is 4.59 Å². The molecule has 0 aromatic rings. The van der Waals surface area contributed by atoms with E-state index in [1.165, 1.54) is 0 Å². The highest BCUT2D eigenvalue weighted by molar-refractivity contribution is 7.77. The second kappa shape index (κ2) is 4.37. The molecule has 1 N–H and O–H groups in total. The fourth-order valence-corrected chi connectivity index (χ4v) is 0.833. The van der Waals surface area contributed by atoms with Crippen molar-refractivity contribution in [3.8, 4) is 0 Å². The number of aliphatic imine (C=N–C) groups is 1. The molecule has 0 aliphatic heterocycles. The Balaban J connectivity index is 4.22. The van der Waals surface area contributed by atoms with Gasteiger partial charge in [0.05, 0.1) is 21.1 Å². The van der Waals surface area contributed by atoms with Crippen LogP contribution in [0.3, 0.4) is 0 Å². The lowest BCUT2D eigenvalue weighted by Gasteiger charge is -2.18. The molecular formula is C7H16N4S. The Labute approximate surface area is 79.4 Å². The molecule has 0 heterocycles. The molecule has 0 aliphatic carbocycles. The number of amidine groups is 2. The number of nitrogens with zero attached hydrogens (tertiary/aromatic N) is 3. The van der Waals surface area contributed by atoms with Gasteiger partial charge < -0.3 is 17.9 Å². The second-order valence-electron chi connectivity index (χ2n) is 3.28. The van der Waals surface area contributed by atoms with Crippen LogP contribution >= 0.6 is 0 Å². The van der Waals surface area contributed by atoms with E-state index in [1.54, 1.807) is 7.05 Å². The topological polar surface area (TPSA) is 36.8 Å². The van der Waals surface area contributed by atoms with E-state index in [1.807, 2.05) is 28.1 Å². The third-order valence-corrected chi connectivity index (χ3v) is 1.23. The SMILES string of the molecule is CN=C([S-])N/C(C)=N\[N+](C)(C)C. The van der Waals surface area contributed by atoms with Crippen molar-refractivity contribution in [1.82, 2.24) is 5.32 Å². The lowest BCUT2D eigenvalue weighted by molar-refractivity contribution is -0.877. The van der Waals surface area contributed by atoms with Crippen molar-refractivity contribution in [1.29, 1.82) is 0 Å². The minimum atomic E-state index is 0.463.